The molecular formula is C35H31NO5. The quantitative estimate of drug-likeness (QED) is 0.213. The van der Waals surface area contributed by atoms with Gasteiger partial charge in [-0.3, -0.25) is 14.5 Å². The molecular weight excluding hydrogens is 514 g/mol. The summed E-state index contributed by atoms with van der Waals surface area (Å²) in [5.74, 6) is 0.847. The highest BCUT2D eigenvalue weighted by Crippen LogP contribution is 2.43. The molecule has 1 aromatic heterocycles. The summed E-state index contributed by atoms with van der Waals surface area (Å²) in [6.07, 6.45) is 0. The largest absolute Gasteiger partial charge is 0.490 e. The molecule has 1 atom stereocenters. The summed E-state index contributed by atoms with van der Waals surface area (Å²) in [5.41, 5.74) is 5.96. The first kappa shape index (κ1) is 26.4. The molecule has 1 aliphatic rings. The molecule has 6 heteroatoms. The molecule has 1 aliphatic heterocycles. The van der Waals surface area contributed by atoms with Crippen LogP contribution in [-0.2, 0) is 6.61 Å². The molecule has 0 fully saturated rings. The third-order valence-corrected chi connectivity index (χ3v) is 7.59. The number of benzene rings is 4. The highest BCUT2D eigenvalue weighted by molar-refractivity contribution is 6.10. The summed E-state index contributed by atoms with van der Waals surface area (Å²) in [4.78, 5) is 29.8. The average Bonchev–Trinajstić information content (AvgIpc) is 3.26. The summed E-state index contributed by atoms with van der Waals surface area (Å²) in [7, 11) is 0. The SMILES string of the molecule is CCOc1cc(C2c3c(oc4cc(C)c(C)cc4c3=O)C(=O)N2c2cccc(C)c2)ccc1OCc1ccccc1. The molecule has 206 valence electrons. The molecule has 0 bridgehead atoms. The van der Waals surface area contributed by atoms with E-state index in [2.05, 4.69) is 0 Å². The molecule has 6 nitrogen and oxygen atoms in total. The van der Waals surface area contributed by atoms with Gasteiger partial charge in [-0.2, -0.15) is 0 Å². The number of hydrogen-bond acceptors (Lipinski definition) is 5. The summed E-state index contributed by atoms with van der Waals surface area (Å²) >= 11 is 0. The van der Waals surface area contributed by atoms with Crippen molar-refractivity contribution in [2.45, 2.75) is 40.3 Å². The smallest absolute Gasteiger partial charge is 0.295 e. The number of ether oxygens (including phenoxy) is 2. The van der Waals surface area contributed by atoms with Gasteiger partial charge in [-0.05, 0) is 91.9 Å². The number of nitrogens with zero attached hydrogens (tertiary/aromatic N) is 1. The predicted octanol–water partition coefficient (Wildman–Crippen LogP) is 7.45. The van der Waals surface area contributed by atoms with Crippen molar-refractivity contribution in [3.8, 4) is 11.5 Å². The van der Waals surface area contributed by atoms with Crippen LogP contribution in [0, 0.1) is 20.8 Å². The molecule has 41 heavy (non-hydrogen) atoms. The van der Waals surface area contributed by atoms with E-state index in [1.54, 1.807) is 4.90 Å². The van der Waals surface area contributed by atoms with Gasteiger partial charge >= 0.3 is 0 Å². The number of amides is 1. The Balaban J connectivity index is 1.52. The van der Waals surface area contributed by atoms with Gasteiger partial charge in [0.15, 0.2) is 16.9 Å². The molecule has 0 radical (unpaired) electrons. The Bertz CT molecular complexity index is 1840. The zero-order valence-electron chi connectivity index (χ0n) is 23.6. The normalized spacial score (nSPS) is 14.4. The van der Waals surface area contributed by atoms with E-state index in [-0.39, 0.29) is 17.1 Å². The van der Waals surface area contributed by atoms with Crippen LogP contribution in [0.2, 0.25) is 0 Å². The fraction of sp³-hybridized carbons (Fsp3) is 0.200. The van der Waals surface area contributed by atoms with Gasteiger partial charge in [0.25, 0.3) is 5.91 Å². The third-order valence-electron chi connectivity index (χ3n) is 7.59. The molecule has 2 heterocycles. The zero-order chi connectivity index (χ0) is 28.7. The van der Waals surface area contributed by atoms with Crippen LogP contribution in [-0.4, -0.2) is 12.5 Å². The molecule has 6 rings (SSSR count). The van der Waals surface area contributed by atoms with Crippen molar-refractivity contribution >= 4 is 22.6 Å². The number of anilines is 1. The van der Waals surface area contributed by atoms with E-state index in [0.717, 1.165) is 27.8 Å². The maximum absolute atomic E-state index is 14.1. The van der Waals surface area contributed by atoms with Crippen molar-refractivity contribution in [1.29, 1.82) is 0 Å². The predicted molar refractivity (Wildman–Crippen MR) is 160 cm³/mol. The Hall–Kier alpha value is -4.84. The first-order valence-electron chi connectivity index (χ1n) is 13.8. The van der Waals surface area contributed by atoms with E-state index in [4.69, 9.17) is 13.9 Å². The first-order valence-corrected chi connectivity index (χ1v) is 13.8. The highest BCUT2D eigenvalue weighted by atomic mass is 16.5. The molecule has 5 aromatic rings. The monoisotopic (exact) mass is 545 g/mol. The second kappa shape index (κ2) is 10.6. The average molecular weight is 546 g/mol. The minimum absolute atomic E-state index is 0.0691. The number of aryl methyl sites for hydroxylation is 3. The Labute approximate surface area is 238 Å². The number of carbonyl (C=O) groups is 1. The van der Waals surface area contributed by atoms with Gasteiger partial charge in [0.05, 0.1) is 23.6 Å². The minimum Gasteiger partial charge on any atom is -0.490 e. The number of fused-ring (bicyclic) bond motifs is 2. The second-order valence-corrected chi connectivity index (χ2v) is 10.4. The van der Waals surface area contributed by atoms with E-state index in [9.17, 15) is 9.59 Å². The summed E-state index contributed by atoms with van der Waals surface area (Å²) < 4.78 is 18.3. The van der Waals surface area contributed by atoms with Crippen LogP contribution in [0.3, 0.4) is 0 Å². The van der Waals surface area contributed by atoms with E-state index in [1.165, 1.54) is 0 Å². The van der Waals surface area contributed by atoms with Gasteiger partial charge in [-0.15, -0.1) is 0 Å². The van der Waals surface area contributed by atoms with Crippen LogP contribution in [0.25, 0.3) is 11.0 Å². The van der Waals surface area contributed by atoms with Gasteiger partial charge in [0, 0.05) is 5.69 Å². The molecule has 4 aromatic carbocycles. The molecule has 0 N–H and O–H groups in total. The summed E-state index contributed by atoms with van der Waals surface area (Å²) in [6, 6.07) is 26.2. The lowest BCUT2D eigenvalue weighted by molar-refractivity contribution is 0.0971. The minimum atomic E-state index is -0.705. The third kappa shape index (κ3) is 4.76. The van der Waals surface area contributed by atoms with E-state index < -0.39 is 6.04 Å². The summed E-state index contributed by atoms with van der Waals surface area (Å²) in [6.45, 7) is 8.62. The maximum atomic E-state index is 14.1. The number of carbonyl (C=O) groups excluding carboxylic acids is 1. The van der Waals surface area contributed by atoms with Crippen LogP contribution >= 0.6 is 0 Å². The molecule has 0 saturated heterocycles. The van der Waals surface area contributed by atoms with Crippen LogP contribution in [0.4, 0.5) is 5.69 Å². The van der Waals surface area contributed by atoms with E-state index in [1.807, 2.05) is 113 Å². The van der Waals surface area contributed by atoms with Crippen LogP contribution < -0.4 is 19.8 Å². The lowest BCUT2D eigenvalue weighted by Crippen LogP contribution is -2.29. The van der Waals surface area contributed by atoms with Gasteiger partial charge < -0.3 is 13.9 Å². The molecule has 1 amide bonds. The zero-order valence-corrected chi connectivity index (χ0v) is 23.6. The lowest BCUT2D eigenvalue weighted by Gasteiger charge is -2.26. The van der Waals surface area contributed by atoms with Gasteiger partial charge in [-0.1, -0.05) is 48.5 Å². The van der Waals surface area contributed by atoms with Gasteiger partial charge in [-0.25, -0.2) is 0 Å². The van der Waals surface area contributed by atoms with E-state index in [0.29, 0.717) is 46.9 Å². The molecule has 0 aliphatic carbocycles. The van der Waals surface area contributed by atoms with Crippen LogP contribution in [0.15, 0.2) is 94.1 Å². The topological polar surface area (TPSA) is 69.0 Å². The maximum Gasteiger partial charge on any atom is 0.295 e. The fourth-order valence-corrected chi connectivity index (χ4v) is 5.41. The van der Waals surface area contributed by atoms with Crippen LogP contribution in [0.5, 0.6) is 11.5 Å². The van der Waals surface area contributed by atoms with Gasteiger partial charge in [0.1, 0.15) is 12.2 Å². The Kier molecular flexibility index (Phi) is 6.83. The first-order chi connectivity index (χ1) is 19.9. The molecule has 0 saturated carbocycles. The lowest BCUT2D eigenvalue weighted by atomic mass is 9.96. The Morgan fingerprint density at radius 1 is 0.805 bits per heavy atom. The van der Waals surface area contributed by atoms with Gasteiger partial charge in [0.2, 0.25) is 5.76 Å². The van der Waals surface area contributed by atoms with Crippen molar-refractivity contribution in [3.05, 3.63) is 134 Å². The molecule has 1 unspecified atom stereocenters. The van der Waals surface area contributed by atoms with E-state index >= 15 is 0 Å². The van der Waals surface area contributed by atoms with Crippen molar-refractivity contribution < 1.29 is 18.7 Å². The second-order valence-electron chi connectivity index (χ2n) is 10.4. The standard InChI is InChI=1S/C35H31NO5/c1-5-39-30-19-25(14-15-28(30)40-20-24-11-7-6-8-12-24)32-31-33(37)27-17-22(3)23(4)18-29(27)41-34(31)35(38)36(32)26-13-9-10-21(2)16-26/h6-19,32H,5,20H2,1-4H3. The summed E-state index contributed by atoms with van der Waals surface area (Å²) in [5, 5.41) is 0.462. The highest BCUT2D eigenvalue weighted by Gasteiger charge is 2.44. The number of hydrogen-bond donors (Lipinski definition) is 0. The van der Waals surface area contributed by atoms with Crippen molar-refractivity contribution in [3.63, 3.8) is 0 Å². The van der Waals surface area contributed by atoms with Crippen LogP contribution in [0.1, 0.15) is 56.9 Å². The van der Waals surface area contributed by atoms with Crippen molar-refractivity contribution in [2.75, 3.05) is 11.5 Å². The number of rotatable bonds is 7. The molecule has 0 spiro atoms. The Morgan fingerprint density at radius 3 is 2.34 bits per heavy atom. The van der Waals surface area contributed by atoms with Crippen molar-refractivity contribution in [1.82, 2.24) is 0 Å². The Morgan fingerprint density at radius 2 is 1.59 bits per heavy atom. The fourth-order valence-electron chi connectivity index (χ4n) is 5.41. The van der Waals surface area contributed by atoms with Crippen molar-refractivity contribution in [2.24, 2.45) is 0 Å².